The van der Waals surface area contributed by atoms with Crippen molar-refractivity contribution >= 4 is 0 Å². The van der Waals surface area contributed by atoms with Gasteiger partial charge in [-0.2, -0.15) is 5.10 Å². The first-order chi connectivity index (χ1) is 12.1. The zero-order valence-corrected chi connectivity index (χ0v) is 14.2. The van der Waals surface area contributed by atoms with E-state index in [-0.39, 0.29) is 11.6 Å². The van der Waals surface area contributed by atoms with Crippen LogP contribution in [-0.2, 0) is 13.0 Å². The number of aromatic nitrogens is 2. The molecule has 0 radical (unpaired) electrons. The second-order valence-electron chi connectivity index (χ2n) is 6.22. The Hall–Kier alpha value is -2.53. The van der Waals surface area contributed by atoms with E-state index in [2.05, 4.69) is 15.1 Å². The molecule has 1 aromatic heterocycles. The minimum Gasteiger partial charge on any atom is -0.302 e. The highest BCUT2D eigenvalue weighted by atomic mass is 19.1. The summed E-state index contributed by atoms with van der Waals surface area (Å²) in [5.74, 6) is -0.413. The van der Waals surface area contributed by atoms with Gasteiger partial charge in [0.1, 0.15) is 11.6 Å². The number of aromatic amines is 1. The van der Waals surface area contributed by atoms with Gasteiger partial charge in [0, 0.05) is 23.4 Å². The Morgan fingerprint density at radius 2 is 1.80 bits per heavy atom. The lowest BCUT2D eigenvalue weighted by molar-refractivity contribution is 0.316. The van der Waals surface area contributed by atoms with Crippen molar-refractivity contribution in [3.63, 3.8) is 0 Å². The van der Waals surface area contributed by atoms with Crippen LogP contribution in [-0.4, -0.2) is 28.7 Å². The molecule has 0 aliphatic rings. The molecule has 0 unspecified atom stereocenters. The Kier molecular flexibility index (Phi) is 5.56. The van der Waals surface area contributed by atoms with Crippen molar-refractivity contribution in [1.29, 1.82) is 0 Å². The summed E-state index contributed by atoms with van der Waals surface area (Å²) in [5, 5.41) is 7.31. The van der Waals surface area contributed by atoms with Crippen molar-refractivity contribution in [3.05, 3.63) is 77.5 Å². The SMILES string of the molecule is CN(CCCc1cc(-c2ccc(F)cc2)n[nH]1)Cc1ccccc1F. The summed E-state index contributed by atoms with van der Waals surface area (Å²) in [4.78, 5) is 2.11. The van der Waals surface area contributed by atoms with Gasteiger partial charge in [0.15, 0.2) is 0 Å². The predicted octanol–water partition coefficient (Wildman–Crippen LogP) is 4.42. The molecule has 0 bridgehead atoms. The molecule has 130 valence electrons. The molecule has 5 heteroatoms. The van der Waals surface area contributed by atoms with Crippen molar-refractivity contribution in [2.45, 2.75) is 19.4 Å². The first-order valence-electron chi connectivity index (χ1n) is 8.34. The van der Waals surface area contributed by atoms with E-state index in [1.165, 1.54) is 18.2 Å². The maximum Gasteiger partial charge on any atom is 0.127 e. The van der Waals surface area contributed by atoms with Gasteiger partial charge in [-0.05, 0) is 62.8 Å². The Morgan fingerprint density at radius 1 is 1.04 bits per heavy atom. The fourth-order valence-corrected chi connectivity index (χ4v) is 2.79. The molecule has 2 aromatic carbocycles. The molecule has 0 aliphatic carbocycles. The number of nitrogens with zero attached hydrogens (tertiary/aromatic N) is 2. The fraction of sp³-hybridized carbons (Fsp3) is 0.250. The quantitative estimate of drug-likeness (QED) is 0.690. The lowest BCUT2D eigenvalue weighted by Gasteiger charge is -2.16. The van der Waals surface area contributed by atoms with Crippen molar-refractivity contribution in [1.82, 2.24) is 15.1 Å². The molecule has 1 N–H and O–H groups in total. The van der Waals surface area contributed by atoms with Crippen LogP contribution in [0.3, 0.4) is 0 Å². The van der Waals surface area contributed by atoms with Crippen LogP contribution < -0.4 is 0 Å². The first-order valence-corrected chi connectivity index (χ1v) is 8.34. The van der Waals surface area contributed by atoms with E-state index in [0.29, 0.717) is 12.1 Å². The zero-order valence-electron chi connectivity index (χ0n) is 14.2. The van der Waals surface area contributed by atoms with Crippen LogP contribution >= 0.6 is 0 Å². The van der Waals surface area contributed by atoms with Gasteiger partial charge in [-0.15, -0.1) is 0 Å². The highest BCUT2D eigenvalue weighted by Crippen LogP contribution is 2.18. The molecule has 3 rings (SSSR count). The molecule has 1 heterocycles. The van der Waals surface area contributed by atoms with E-state index in [4.69, 9.17) is 0 Å². The third-order valence-electron chi connectivity index (χ3n) is 4.15. The summed E-state index contributed by atoms with van der Waals surface area (Å²) >= 11 is 0. The minimum absolute atomic E-state index is 0.160. The molecular formula is C20H21F2N3. The Morgan fingerprint density at radius 3 is 2.56 bits per heavy atom. The van der Waals surface area contributed by atoms with Crippen LogP contribution in [0.25, 0.3) is 11.3 Å². The second-order valence-corrected chi connectivity index (χ2v) is 6.22. The largest absolute Gasteiger partial charge is 0.302 e. The number of hydrogen-bond donors (Lipinski definition) is 1. The van der Waals surface area contributed by atoms with Crippen molar-refractivity contribution in [2.24, 2.45) is 0 Å². The normalized spacial score (nSPS) is 11.2. The highest BCUT2D eigenvalue weighted by Gasteiger charge is 2.07. The summed E-state index contributed by atoms with van der Waals surface area (Å²) in [6, 6.07) is 15.2. The van der Waals surface area contributed by atoms with Crippen molar-refractivity contribution in [2.75, 3.05) is 13.6 Å². The molecule has 0 aliphatic heterocycles. The summed E-state index contributed by atoms with van der Waals surface area (Å²) in [5.41, 5.74) is 3.46. The topological polar surface area (TPSA) is 31.9 Å². The molecule has 0 amide bonds. The predicted molar refractivity (Wildman–Crippen MR) is 95.0 cm³/mol. The van der Waals surface area contributed by atoms with Gasteiger partial charge >= 0.3 is 0 Å². The number of halogens is 2. The lowest BCUT2D eigenvalue weighted by Crippen LogP contribution is -2.20. The molecular weight excluding hydrogens is 320 g/mol. The molecule has 3 nitrogen and oxygen atoms in total. The number of hydrogen-bond acceptors (Lipinski definition) is 2. The molecule has 0 fully saturated rings. The monoisotopic (exact) mass is 341 g/mol. The van der Waals surface area contributed by atoms with Crippen LogP contribution in [0.4, 0.5) is 8.78 Å². The first kappa shape index (κ1) is 17.3. The summed E-state index contributed by atoms with van der Waals surface area (Å²) in [6.45, 7) is 1.45. The van der Waals surface area contributed by atoms with E-state index in [0.717, 1.165) is 36.3 Å². The number of aryl methyl sites for hydroxylation is 1. The van der Waals surface area contributed by atoms with E-state index in [9.17, 15) is 8.78 Å². The van der Waals surface area contributed by atoms with Gasteiger partial charge in [0.05, 0.1) is 5.69 Å². The Labute approximate surface area is 146 Å². The van der Waals surface area contributed by atoms with Gasteiger partial charge in [-0.25, -0.2) is 8.78 Å². The third kappa shape index (κ3) is 4.73. The Balaban J connectivity index is 1.49. The maximum atomic E-state index is 13.7. The average molecular weight is 341 g/mol. The zero-order chi connectivity index (χ0) is 17.6. The van der Waals surface area contributed by atoms with Gasteiger partial charge in [0.25, 0.3) is 0 Å². The molecule has 0 spiro atoms. The molecule has 0 saturated heterocycles. The van der Waals surface area contributed by atoms with E-state index >= 15 is 0 Å². The summed E-state index contributed by atoms with van der Waals surface area (Å²) in [6.07, 6.45) is 1.80. The Bertz CT molecular complexity index is 812. The number of benzene rings is 2. The van der Waals surface area contributed by atoms with Gasteiger partial charge in [0.2, 0.25) is 0 Å². The molecule has 25 heavy (non-hydrogen) atoms. The maximum absolute atomic E-state index is 13.7. The second kappa shape index (κ2) is 8.03. The van der Waals surface area contributed by atoms with E-state index in [1.807, 2.05) is 25.2 Å². The number of nitrogens with one attached hydrogen (secondary N) is 1. The third-order valence-corrected chi connectivity index (χ3v) is 4.15. The standard InChI is InChI=1S/C20H21F2N3/c1-25(14-16-5-2-3-7-19(16)22)12-4-6-18-13-20(24-23-18)15-8-10-17(21)11-9-15/h2-3,5,7-11,13H,4,6,12,14H2,1H3,(H,23,24). The van der Waals surface area contributed by atoms with E-state index < -0.39 is 0 Å². The van der Waals surface area contributed by atoms with Crippen LogP contribution in [0.1, 0.15) is 17.7 Å². The van der Waals surface area contributed by atoms with Crippen LogP contribution in [0.5, 0.6) is 0 Å². The molecule has 0 atom stereocenters. The van der Waals surface area contributed by atoms with Crippen LogP contribution in [0.2, 0.25) is 0 Å². The van der Waals surface area contributed by atoms with Crippen LogP contribution in [0, 0.1) is 11.6 Å². The summed E-state index contributed by atoms with van der Waals surface area (Å²) < 4.78 is 26.6. The molecule has 3 aromatic rings. The fourth-order valence-electron chi connectivity index (χ4n) is 2.79. The average Bonchev–Trinajstić information content (AvgIpc) is 3.06. The van der Waals surface area contributed by atoms with Gasteiger partial charge < -0.3 is 4.90 Å². The van der Waals surface area contributed by atoms with Gasteiger partial charge in [-0.1, -0.05) is 18.2 Å². The minimum atomic E-state index is -0.252. The number of rotatable bonds is 7. The number of H-pyrrole nitrogens is 1. The van der Waals surface area contributed by atoms with Gasteiger partial charge in [-0.3, -0.25) is 5.10 Å². The summed E-state index contributed by atoms with van der Waals surface area (Å²) in [7, 11) is 1.99. The highest BCUT2D eigenvalue weighted by molar-refractivity contribution is 5.58. The van der Waals surface area contributed by atoms with Crippen molar-refractivity contribution in [3.8, 4) is 11.3 Å². The lowest BCUT2D eigenvalue weighted by atomic mass is 10.1. The molecule has 0 saturated carbocycles. The van der Waals surface area contributed by atoms with E-state index in [1.54, 1.807) is 18.2 Å². The smallest absolute Gasteiger partial charge is 0.127 e. The van der Waals surface area contributed by atoms with Crippen molar-refractivity contribution < 1.29 is 8.78 Å². The van der Waals surface area contributed by atoms with Crippen LogP contribution in [0.15, 0.2) is 54.6 Å².